The average molecular weight is 264 g/mol. The van der Waals surface area contributed by atoms with Crippen LogP contribution in [-0.4, -0.2) is 24.1 Å². The predicted octanol–water partition coefficient (Wildman–Crippen LogP) is 2.67. The Morgan fingerprint density at radius 2 is 2.16 bits per heavy atom. The van der Waals surface area contributed by atoms with Crippen LogP contribution in [0.2, 0.25) is 0 Å². The predicted molar refractivity (Wildman–Crippen MR) is 73.5 cm³/mol. The number of hydrogen-bond acceptors (Lipinski definition) is 4. The largest absolute Gasteiger partial charge is 0.483 e. The zero-order chi connectivity index (χ0) is 14.2. The molecule has 0 spiro atoms. The van der Waals surface area contributed by atoms with Crippen LogP contribution in [0.5, 0.6) is 5.75 Å². The minimum absolute atomic E-state index is 0.00440. The molecule has 0 saturated heterocycles. The van der Waals surface area contributed by atoms with E-state index in [9.17, 15) is 10.1 Å². The molecule has 1 aliphatic carbocycles. The Morgan fingerprint density at radius 3 is 2.68 bits per heavy atom. The minimum atomic E-state index is -0.385. The zero-order valence-corrected chi connectivity index (χ0v) is 11.8. The van der Waals surface area contributed by atoms with E-state index in [4.69, 9.17) is 4.74 Å². The highest BCUT2D eigenvalue weighted by Crippen LogP contribution is 2.44. The van der Waals surface area contributed by atoms with E-state index >= 15 is 0 Å². The molecule has 1 N–H and O–H groups in total. The Bertz CT molecular complexity index is 499. The van der Waals surface area contributed by atoms with Crippen LogP contribution < -0.4 is 10.1 Å². The molecule has 0 heterocycles. The molecule has 5 nitrogen and oxygen atoms in total. The van der Waals surface area contributed by atoms with Crippen LogP contribution >= 0.6 is 0 Å². The van der Waals surface area contributed by atoms with Gasteiger partial charge in [-0.3, -0.25) is 10.1 Å². The van der Waals surface area contributed by atoms with Crippen molar-refractivity contribution in [3.05, 3.63) is 33.9 Å². The highest BCUT2D eigenvalue weighted by molar-refractivity contribution is 5.51. The molecule has 0 amide bonds. The fraction of sp³-hybridized carbons (Fsp3) is 0.571. The second kappa shape index (κ2) is 4.81. The van der Waals surface area contributed by atoms with E-state index in [1.165, 1.54) is 6.07 Å². The van der Waals surface area contributed by atoms with Crippen LogP contribution in [0.1, 0.15) is 25.8 Å². The molecular weight excluding hydrogens is 244 g/mol. The van der Waals surface area contributed by atoms with Gasteiger partial charge in [0, 0.05) is 23.9 Å². The van der Waals surface area contributed by atoms with Gasteiger partial charge in [-0.1, -0.05) is 26.0 Å². The van der Waals surface area contributed by atoms with Crippen LogP contribution in [-0.2, 0) is 0 Å². The number of nitrogens with one attached hydrogen (secondary N) is 1. The first kappa shape index (κ1) is 13.8. The van der Waals surface area contributed by atoms with E-state index in [-0.39, 0.29) is 22.1 Å². The van der Waals surface area contributed by atoms with Gasteiger partial charge in [0.1, 0.15) is 6.10 Å². The SMILES string of the molecule is CNC1CC(Oc2c(C)cccc2[N+](=O)[O-])C1(C)C. The van der Waals surface area contributed by atoms with Crippen molar-refractivity contribution in [1.82, 2.24) is 5.32 Å². The summed E-state index contributed by atoms with van der Waals surface area (Å²) in [6, 6.07) is 5.40. The van der Waals surface area contributed by atoms with Gasteiger partial charge in [-0.15, -0.1) is 0 Å². The molecule has 0 radical (unpaired) electrons. The zero-order valence-electron chi connectivity index (χ0n) is 11.8. The van der Waals surface area contributed by atoms with Gasteiger partial charge in [0.05, 0.1) is 4.92 Å². The molecule has 1 fully saturated rings. The molecule has 2 atom stereocenters. The number of hydrogen-bond donors (Lipinski definition) is 1. The lowest BCUT2D eigenvalue weighted by molar-refractivity contribution is -0.386. The normalized spacial score (nSPS) is 24.6. The van der Waals surface area contributed by atoms with E-state index in [2.05, 4.69) is 19.2 Å². The van der Waals surface area contributed by atoms with Crippen LogP contribution in [0, 0.1) is 22.5 Å². The number of rotatable bonds is 4. The quantitative estimate of drug-likeness (QED) is 0.670. The van der Waals surface area contributed by atoms with Gasteiger partial charge in [-0.2, -0.15) is 0 Å². The fourth-order valence-electron chi connectivity index (χ4n) is 2.65. The third kappa shape index (κ3) is 2.30. The summed E-state index contributed by atoms with van der Waals surface area (Å²) < 4.78 is 5.94. The van der Waals surface area contributed by atoms with Crippen LogP contribution in [0.4, 0.5) is 5.69 Å². The topological polar surface area (TPSA) is 64.4 Å². The number of aryl methyl sites for hydroxylation is 1. The van der Waals surface area contributed by atoms with E-state index in [0.29, 0.717) is 11.8 Å². The molecule has 0 aliphatic heterocycles. The number of nitro groups is 1. The van der Waals surface area contributed by atoms with Gasteiger partial charge in [0.2, 0.25) is 0 Å². The Labute approximate surface area is 113 Å². The number of para-hydroxylation sites is 1. The third-order valence-electron chi connectivity index (χ3n) is 4.17. The number of nitro benzene ring substituents is 1. The first-order chi connectivity index (χ1) is 8.87. The highest BCUT2D eigenvalue weighted by Gasteiger charge is 2.49. The summed E-state index contributed by atoms with van der Waals surface area (Å²) in [5.41, 5.74) is 0.826. The first-order valence-corrected chi connectivity index (χ1v) is 6.46. The lowest BCUT2D eigenvalue weighted by atomic mass is 9.64. The first-order valence-electron chi connectivity index (χ1n) is 6.46. The second-order valence-corrected chi connectivity index (χ2v) is 5.69. The van der Waals surface area contributed by atoms with Gasteiger partial charge in [-0.25, -0.2) is 0 Å². The van der Waals surface area contributed by atoms with Crippen molar-refractivity contribution < 1.29 is 9.66 Å². The van der Waals surface area contributed by atoms with E-state index in [1.54, 1.807) is 6.07 Å². The third-order valence-corrected chi connectivity index (χ3v) is 4.17. The van der Waals surface area contributed by atoms with Crippen molar-refractivity contribution in [2.24, 2.45) is 5.41 Å². The monoisotopic (exact) mass is 264 g/mol. The van der Waals surface area contributed by atoms with E-state index in [1.807, 2.05) is 20.0 Å². The summed E-state index contributed by atoms with van der Waals surface area (Å²) in [5.74, 6) is 0.403. The Kier molecular flexibility index (Phi) is 3.49. The minimum Gasteiger partial charge on any atom is -0.483 e. The summed E-state index contributed by atoms with van der Waals surface area (Å²) in [7, 11) is 1.93. The summed E-state index contributed by atoms with van der Waals surface area (Å²) in [4.78, 5) is 10.7. The van der Waals surface area contributed by atoms with Gasteiger partial charge < -0.3 is 10.1 Å². The Hall–Kier alpha value is -1.62. The van der Waals surface area contributed by atoms with Gasteiger partial charge >= 0.3 is 5.69 Å². The maximum absolute atomic E-state index is 11.1. The lowest BCUT2D eigenvalue weighted by Gasteiger charge is -2.51. The molecule has 0 bridgehead atoms. The summed E-state index contributed by atoms with van der Waals surface area (Å²) in [6.45, 7) is 6.07. The van der Waals surface area contributed by atoms with Crippen LogP contribution in [0.3, 0.4) is 0 Å². The fourth-order valence-corrected chi connectivity index (χ4v) is 2.65. The molecule has 2 unspecified atom stereocenters. The molecule has 0 aromatic heterocycles. The number of nitrogens with zero attached hydrogens (tertiary/aromatic N) is 1. The summed E-state index contributed by atoms with van der Waals surface area (Å²) in [6.07, 6.45) is 0.874. The Balaban J connectivity index is 2.24. The Morgan fingerprint density at radius 1 is 1.47 bits per heavy atom. The smallest absolute Gasteiger partial charge is 0.311 e. The molecule has 2 rings (SSSR count). The molecule has 104 valence electrons. The molecule has 1 aliphatic rings. The lowest BCUT2D eigenvalue weighted by Crippen LogP contribution is -2.61. The van der Waals surface area contributed by atoms with E-state index < -0.39 is 0 Å². The standard InChI is InChI=1S/C14H20N2O3/c1-9-6-5-7-10(16(17)18)13(9)19-12-8-11(15-4)14(12,2)3/h5-7,11-12,15H,8H2,1-4H3. The molecule has 5 heteroatoms. The van der Waals surface area contributed by atoms with Crippen molar-refractivity contribution in [2.45, 2.75) is 39.3 Å². The van der Waals surface area contributed by atoms with E-state index in [0.717, 1.165) is 12.0 Å². The molecular formula is C14H20N2O3. The molecule has 1 aromatic rings. The van der Waals surface area contributed by atoms with Crippen LogP contribution in [0.15, 0.2) is 18.2 Å². The van der Waals surface area contributed by atoms with Crippen molar-refractivity contribution in [1.29, 1.82) is 0 Å². The summed E-state index contributed by atoms with van der Waals surface area (Å²) in [5, 5.41) is 14.3. The summed E-state index contributed by atoms with van der Waals surface area (Å²) >= 11 is 0. The van der Waals surface area contributed by atoms with Crippen molar-refractivity contribution in [3.8, 4) is 5.75 Å². The average Bonchev–Trinajstić information content (AvgIpc) is 2.34. The molecule has 19 heavy (non-hydrogen) atoms. The van der Waals surface area contributed by atoms with Crippen molar-refractivity contribution >= 4 is 5.69 Å². The van der Waals surface area contributed by atoms with Gasteiger partial charge in [-0.05, 0) is 19.5 Å². The second-order valence-electron chi connectivity index (χ2n) is 5.69. The number of ether oxygens (including phenoxy) is 1. The molecule has 1 aromatic carbocycles. The van der Waals surface area contributed by atoms with Gasteiger partial charge in [0.25, 0.3) is 0 Å². The van der Waals surface area contributed by atoms with Gasteiger partial charge in [0.15, 0.2) is 5.75 Å². The maximum atomic E-state index is 11.1. The maximum Gasteiger partial charge on any atom is 0.311 e. The number of benzene rings is 1. The highest BCUT2D eigenvalue weighted by atomic mass is 16.6. The van der Waals surface area contributed by atoms with Crippen molar-refractivity contribution in [2.75, 3.05) is 7.05 Å². The molecule has 1 saturated carbocycles. The van der Waals surface area contributed by atoms with Crippen LogP contribution in [0.25, 0.3) is 0 Å². The van der Waals surface area contributed by atoms with Crippen molar-refractivity contribution in [3.63, 3.8) is 0 Å².